The first-order valence-electron chi connectivity index (χ1n) is 14.1. The highest BCUT2D eigenvalue weighted by Gasteiger charge is 2.22. The number of rotatable bonds is 13. The van der Waals surface area contributed by atoms with Gasteiger partial charge in [-0.25, -0.2) is 0 Å². The van der Waals surface area contributed by atoms with E-state index < -0.39 is 0 Å². The Morgan fingerprint density at radius 3 is 1.82 bits per heavy atom. The van der Waals surface area contributed by atoms with E-state index in [0.29, 0.717) is 0 Å². The molecule has 38 heavy (non-hydrogen) atoms. The second-order valence-corrected chi connectivity index (χ2v) is 9.50. The van der Waals surface area contributed by atoms with Crippen LogP contribution in [0.3, 0.4) is 0 Å². The number of hydrogen-bond donors (Lipinski definition) is 4. The lowest BCUT2D eigenvalue weighted by Crippen LogP contribution is -2.09. The lowest BCUT2D eigenvalue weighted by Gasteiger charge is -2.26. The van der Waals surface area contributed by atoms with Crippen LogP contribution in [0.25, 0.3) is 33.4 Å². The number of hydrogen-bond acceptors (Lipinski definition) is 4. The van der Waals surface area contributed by atoms with Gasteiger partial charge in [0.15, 0.2) is 0 Å². The van der Waals surface area contributed by atoms with Gasteiger partial charge in [-0.05, 0) is 67.6 Å². The first-order chi connectivity index (χ1) is 18.7. The van der Waals surface area contributed by atoms with E-state index in [1.54, 1.807) is 0 Å². The molecule has 4 aromatic rings. The van der Waals surface area contributed by atoms with Gasteiger partial charge in [0.05, 0.1) is 5.69 Å². The molecular formula is C34H42N4. The van der Waals surface area contributed by atoms with Crippen molar-refractivity contribution in [3.8, 4) is 33.4 Å². The van der Waals surface area contributed by atoms with Crippen molar-refractivity contribution in [2.45, 2.75) is 40.5 Å². The molecule has 0 aliphatic carbocycles. The first kappa shape index (κ1) is 27.1. The summed E-state index contributed by atoms with van der Waals surface area (Å²) in [5.41, 5.74) is 11.9. The van der Waals surface area contributed by atoms with Gasteiger partial charge in [0.2, 0.25) is 0 Å². The van der Waals surface area contributed by atoms with E-state index in [4.69, 9.17) is 0 Å². The number of anilines is 4. The topological polar surface area (TPSA) is 48.1 Å². The van der Waals surface area contributed by atoms with Crippen molar-refractivity contribution in [2.75, 3.05) is 47.4 Å². The first-order valence-corrected chi connectivity index (χ1v) is 14.1. The molecule has 0 radical (unpaired) electrons. The Balaban J connectivity index is 2.08. The highest BCUT2D eigenvalue weighted by molar-refractivity contribution is 6.06. The van der Waals surface area contributed by atoms with E-state index in [1.165, 1.54) is 39.1 Å². The van der Waals surface area contributed by atoms with Crippen LogP contribution >= 0.6 is 0 Å². The molecule has 4 aromatic carbocycles. The zero-order valence-corrected chi connectivity index (χ0v) is 23.3. The minimum absolute atomic E-state index is 0.846. The van der Waals surface area contributed by atoms with Crippen LogP contribution < -0.4 is 21.3 Å². The van der Waals surface area contributed by atoms with Crippen LogP contribution in [-0.4, -0.2) is 26.2 Å². The lowest BCUT2D eigenvalue weighted by molar-refractivity contribution is 0.979. The lowest BCUT2D eigenvalue weighted by atomic mass is 9.86. The Hall–Kier alpha value is -3.92. The quantitative estimate of drug-likeness (QED) is 0.146. The molecule has 0 aliphatic rings. The molecule has 0 atom stereocenters. The molecule has 0 aliphatic heterocycles. The van der Waals surface area contributed by atoms with Gasteiger partial charge in [0, 0.05) is 59.9 Å². The van der Waals surface area contributed by atoms with Gasteiger partial charge >= 0.3 is 0 Å². The minimum atomic E-state index is 0.846. The molecule has 0 saturated carbocycles. The summed E-state index contributed by atoms with van der Waals surface area (Å²) in [6.07, 6.45) is 2.12. The second kappa shape index (κ2) is 13.6. The molecule has 4 heteroatoms. The predicted octanol–water partition coefficient (Wildman–Crippen LogP) is 9.20. The summed E-state index contributed by atoms with van der Waals surface area (Å²) < 4.78 is 0. The summed E-state index contributed by atoms with van der Waals surface area (Å²) in [5.74, 6) is 0. The van der Waals surface area contributed by atoms with Crippen LogP contribution in [0.2, 0.25) is 0 Å². The van der Waals surface area contributed by atoms with Crippen LogP contribution in [-0.2, 0) is 0 Å². The molecule has 0 saturated heterocycles. The van der Waals surface area contributed by atoms with Crippen molar-refractivity contribution in [3.05, 3.63) is 84.9 Å². The predicted molar refractivity (Wildman–Crippen MR) is 169 cm³/mol. The number of para-hydroxylation sites is 1. The smallest absolute Gasteiger partial charge is 0.0526 e. The van der Waals surface area contributed by atoms with E-state index in [-0.39, 0.29) is 0 Å². The van der Waals surface area contributed by atoms with Gasteiger partial charge in [-0.1, -0.05) is 74.5 Å². The maximum Gasteiger partial charge on any atom is 0.0526 e. The minimum Gasteiger partial charge on any atom is -0.385 e. The third-order valence-corrected chi connectivity index (χ3v) is 6.65. The fraction of sp³-hybridized carbons (Fsp3) is 0.294. The van der Waals surface area contributed by atoms with Crippen molar-refractivity contribution in [1.29, 1.82) is 0 Å². The van der Waals surface area contributed by atoms with Crippen molar-refractivity contribution in [2.24, 2.45) is 0 Å². The summed E-state index contributed by atoms with van der Waals surface area (Å²) in [6, 6.07) is 30.7. The standard InChI is InChI=1S/C34H42N4/c1-5-22-37-30-17-13-12-16-28(30)29-24-31(36-8-4)33(25-14-10-9-11-15-25)34(38-23-6-2)32(29)26-18-20-27(21-19-26)35-7-3/h9-21,24,35-38H,5-8,22-23H2,1-4H3. The van der Waals surface area contributed by atoms with Crippen LogP contribution in [0.15, 0.2) is 84.9 Å². The summed E-state index contributed by atoms with van der Waals surface area (Å²) in [4.78, 5) is 0. The molecule has 198 valence electrons. The van der Waals surface area contributed by atoms with Gasteiger partial charge in [-0.3, -0.25) is 0 Å². The van der Waals surface area contributed by atoms with Gasteiger partial charge in [0.1, 0.15) is 0 Å². The van der Waals surface area contributed by atoms with Crippen molar-refractivity contribution in [1.82, 2.24) is 0 Å². The summed E-state index contributed by atoms with van der Waals surface area (Å²) in [5, 5.41) is 14.7. The fourth-order valence-electron chi connectivity index (χ4n) is 4.95. The number of benzene rings is 4. The van der Waals surface area contributed by atoms with E-state index >= 15 is 0 Å². The maximum atomic E-state index is 3.86. The van der Waals surface area contributed by atoms with E-state index in [1.807, 2.05) is 0 Å². The third kappa shape index (κ3) is 6.13. The van der Waals surface area contributed by atoms with Crippen molar-refractivity contribution in [3.63, 3.8) is 0 Å². The monoisotopic (exact) mass is 506 g/mol. The zero-order chi connectivity index (χ0) is 26.7. The Morgan fingerprint density at radius 1 is 0.500 bits per heavy atom. The molecule has 0 bridgehead atoms. The average Bonchev–Trinajstić information content (AvgIpc) is 2.96. The van der Waals surface area contributed by atoms with Crippen molar-refractivity contribution >= 4 is 22.7 Å². The highest BCUT2D eigenvalue weighted by atomic mass is 14.9. The van der Waals surface area contributed by atoms with E-state index in [0.717, 1.165) is 56.1 Å². The van der Waals surface area contributed by atoms with E-state index in [2.05, 4.69) is 134 Å². The van der Waals surface area contributed by atoms with Gasteiger partial charge in [-0.2, -0.15) is 0 Å². The van der Waals surface area contributed by atoms with Crippen molar-refractivity contribution < 1.29 is 0 Å². The van der Waals surface area contributed by atoms with Crippen LogP contribution in [0.5, 0.6) is 0 Å². The zero-order valence-electron chi connectivity index (χ0n) is 23.3. The molecular weight excluding hydrogens is 464 g/mol. The second-order valence-electron chi connectivity index (χ2n) is 9.50. The summed E-state index contributed by atoms with van der Waals surface area (Å²) in [6.45, 7) is 12.3. The molecule has 0 heterocycles. The van der Waals surface area contributed by atoms with Gasteiger partial charge in [0.25, 0.3) is 0 Å². The Morgan fingerprint density at radius 2 is 1.13 bits per heavy atom. The van der Waals surface area contributed by atoms with Crippen LogP contribution in [0.1, 0.15) is 40.5 Å². The Kier molecular flexibility index (Phi) is 9.69. The molecule has 0 spiro atoms. The van der Waals surface area contributed by atoms with Crippen LogP contribution in [0, 0.1) is 0 Å². The maximum absolute atomic E-state index is 3.86. The summed E-state index contributed by atoms with van der Waals surface area (Å²) in [7, 11) is 0. The normalized spacial score (nSPS) is 10.7. The molecule has 4 rings (SSSR count). The third-order valence-electron chi connectivity index (χ3n) is 6.65. The fourth-order valence-corrected chi connectivity index (χ4v) is 4.95. The number of nitrogens with one attached hydrogen (secondary N) is 4. The Bertz CT molecular complexity index is 1300. The largest absolute Gasteiger partial charge is 0.385 e. The van der Waals surface area contributed by atoms with Gasteiger partial charge < -0.3 is 21.3 Å². The average molecular weight is 507 g/mol. The SMILES string of the molecule is CCCNc1ccccc1-c1cc(NCC)c(-c2ccccc2)c(NCCC)c1-c1ccc(NCC)cc1. The molecule has 0 aromatic heterocycles. The highest BCUT2D eigenvalue weighted by Crippen LogP contribution is 2.49. The van der Waals surface area contributed by atoms with Gasteiger partial charge in [-0.15, -0.1) is 0 Å². The molecule has 4 N–H and O–H groups in total. The molecule has 4 nitrogen and oxygen atoms in total. The molecule has 0 amide bonds. The Labute approximate surface area is 228 Å². The van der Waals surface area contributed by atoms with Crippen LogP contribution in [0.4, 0.5) is 22.7 Å². The molecule has 0 unspecified atom stereocenters. The summed E-state index contributed by atoms with van der Waals surface area (Å²) >= 11 is 0. The molecule has 0 fully saturated rings. The van der Waals surface area contributed by atoms with E-state index in [9.17, 15) is 0 Å².